The molecular formula is C27H31N9O3S. The van der Waals surface area contributed by atoms with Crippen LogP contribution in [0.4, 0.5) is 17.5 Å². The molecule has 1 aliphatic heterocycles. The van der Waals surface area contributed by atoms with Crippen LogP contribution >= 0.6 is 0 Å². The summed E-state index contributed by atoms with van der Waals surface area (Å²) in [5, 5.41) is 12.9. The first kappa shape index (κ1) is 25.1. The Hall–Kier alpha value is -3.87. The summed E-state index contributed by atoms with van der Waals surface area (Å²) in [4.78, 5) is 28.4. The van der Waals surface area contributed by atoms with Gasteiger partial charge in [0.05, 0.1) is 34.1 Å². The lowest BCUT2D eigenvalue weighted by Crippen LogP contribution is -2.30. The average molecular weight is 562 g/mol. The van der Waals surface area contributed by atoms with Gasteiger partial charge in [0.2, 0.25) is 0 Å². The summed E-state index contributed by atoms with van der Waals surface area (Å²) in [6.07, 6.45) is 11.2. The lowest BCUT2D eigenvalue weighted by Gasteiger charge is -2.22. The normalized spacial score (nSPS) is 21.4. The van der Waals surface area contributed by atoms with Gasteiger partial charge in [-0.15, -0.1) is 0 Å². The minimum Gasteiger partial charge on any atom is -0.354 e. The maximum absolute atomic E-state index is 12.6. The molecule has 208 valence electrons. The van der Waals surface area contributed by atoms with E-state index in [1.165, 1.54) is 12.4 Å². The van der Waals surface area contributed by atoms with Crippen molar-refractivity contribution < 1.29 is 13.2 Å². The summed E-state index contributed by atoms with van der Waals surface area (Å²) in [5.74, 6) is 2.76. The number of Topliss-reactive ketones (excluding diaryl/α,β-unsaturated/α-hetero) is 1. The van der Waals surface area contributed by atoms with Gasteiger partial charge >= 0.3 is 0 Å². The molecule has 0 radical (unpaired) electrons. The lowest BCUT2D eigenvalue weighted by atomic mass is 9.84. The minimum absolute atomic E-state index is 0.130. The second kappa shape index (κ2) is 9.08. The van der Waals surface area contributed by atoms with Gasteiger partial charge in [0, 0.05) is 49.4 Å². The van der Waals surface area contributed by atoms with Crippen molar-refractivity contribution in [1.82, 2.24) is 33.9 Å². The monoisotopic (exact) mass is 561 g/mol. The zero-order valence-electron chi connectivity index (χ0n) is 22.5. The van der Waals surface area contributed by atoms with Crippen LogP contribution in [-0.4, -0.2) is 66.5 Å². The third-order valence-electron chi connectivity index (χ3n) is 8.30. The third kappa shape index (κ3) is 4.14. The van der Waals surface area contributed by atoms with E-state index in [0.717, 1.165) is 53.2 Å². The zero-order valence-corrected chi connectivity index (χ0v) is 23.3. The quantitative estimate of drug-likeness (QED) is 0.355. The SMILES string of the molecule is CC(C)n1nc(N2CCC3(CCCC3=O)C2)c2cnc(Nc3ccnc(-c4cnn(S(=O)(=O)C5CC5)c4)n3)cc21. The van der Waals surface area contributed by atoms with E-state index in [4.69, 9.17) is 5.10 Å². The highest BCUT2D eigenvalue weighted by molar-refractivity contribution is 7.90. The number of hydrogen-bond donors (Lipinski definition) is 1. The second-order valence-electron chi connectivity index (χ2n) is 11.4. The van der Waals surface area contributed by atoms with Gasteiger partial charge in [0.25, 0.3) is 10.0 Å². The van der Waals surface area contributed by atoms with E-state index in [0.29, 0.717) is 48.1 Å². The maximum Gasteiger partial charge on any atom is 0.256 e. The highest BCUT2D eigenvalue weighted by atomic mass is 32.2. The smallest absolute Gasteiger partial charge is 0.256 e. The fourth-order valence-electron chi connectivity index (χ4n) is 5.97. The van der Waals surface area contributed by atoms with E-state index < -0.39 is 10.0 Å². The molecule has 12 nitrogen and oxygen atoms in total. The first-order chi connectivity index (χ1) is 19.2. The molecule has 1 saturated heterocycles. The Bertz CT molecular complexity index is 1740. The van der Waals surface area contributed by atoms with Gasteiger partial charge in [-0.1, -0.05) is 0 Å². The number of pyridine rings is 1. The van der Waals surface area contributed by atoms with E-state index in [1.54, 1.807) is 12.3 Å². The van der Waals surface area contributed by atoms with E-state index in [1.807, 2.05) is 16.9 Å². The van der Waals surface area contributed by atoms with Gasteiger partial charge < -0.3 is 10.2 Å². The molecular weight excluding hydrogens is 530 g/mol. The highest BCUT2D eigenvalue weighted by Gasteiger charge is 2.47. The van der Waals surface area contributed by atoms with Crippen molar-refractivity contribution >= 4 is 44.2 Å². The molecule has 0 bridgehead atoms. The lowest BCUT2D eigenvalue weighted by molar-refractivity contribution is -0.124. The van der Waals surface area contributed by atoms with Crippen molar-refractivity contribution in [3.05, 3.63) is 36.9 Å². The Balaban J connectivity index is 1.16. The fourth-order valence-corrected chi connectivity index (χ4v) is 7.44. The van der Waals surface area contributed by atoms with Crippen molar-refractivity contribution in [3.8, 4) is 11.4 Å². The van der Waals surface area contributed by atoms with Gasteiger partial charge in [-0.3, -0.25) is 9.48 Å². The van der Waals surface area contributed by atoms with Crippen LogP contribution in [0.25, 0.3) is 22.3 Å². The second-order valence-corrected chi connectivity index (χ2v) is 13.5. The summed E-state index contributed by atoms with van der Waals surface area (Å²) in [6.45, 7) is 5.72. The first-order valence-electron chi connectivity index (χ1n) is 13.8. The number of ketones is 1. The van der Waals surface area contributed by atoms with E-state index in [2.05, 4.69) is 44.1 Å². The summed E-state index contributed by atoms with van der Waals surface area (Å²) < 4.78 is 28.0. The van der Waals surface area contributed by atoms with Crippen LogP contribution in [0.1, 0.15) is 58.4 Å². The van der Waals surface area contributed by atoms with E-state index >= 15 is 0 Å². The first-order valence-corrected chi connectivity index (χ1v) is 15.3. The van der Waals surface area contributed by atoms with Crippen LogP contribution in [-0.2, 0) is 14.8 Å². The molecule has 40 heavy (non-hydrogen) atoms. The number of carbonyl (C=O) groups excluding carboxylic acids is 1. The predicted molar refractivity (Wildman–Crippen MR) is 150 cm³/mol. The number of rotatable bonds is 7. The summed E-state index contributed by atoms with van der Waals surface area (Å²) in [6, 6.07) is 3.82. The van der Waals surface area contributed by atoms with Gasteiger partial charge in [-0.05, 0) is 52.0 Å². The summed E-state index contributed by atoms with van der Waals surface area (Å²) in [7, 11) is -3.46. The number of carbonyl (C=O) groups is 1. The molecule has 3 aliphatic rings. The number of anilines is 3. The predicted octanol–water partition coefficient (Wildman–Crippen LogP) is 3.70. The molecule has 1 unspecified atom stereocenters. The molecule has 0 aromatic carbocycles. The van der Waals surface area contributed by atoms with Gasteiger partial charge in [0.15, 0.2) is 11.6 Å². The standard InChI is InChI=1S/C27H31N9O3S/c1-17(2)36-21-12-24(29-14-20(21)26(33-36)34-11-9-27(16-34)8-3-4-22(27)37)31-23-7-10-28-25(32-23)18-13-30-35(15-18)40(38,39)19-5-6-19/h7,10,12-15,17,19H,3-6,8-9,11,16H2,1-2H3,(H,28,29,31,32). The van der Waals surface area contributed by atoms with Crippen LogP contribution in [0.3, 0.4) is 0 Å². The summed E-state index contributed by atoms with van der Waals surface area (Å²) in [5.41, 5.74) is 1.25. The van der Waals surface area contributed by atoms with Crippen LogP contribution in [0.15, 0.2) is 36.9 Å². The molecule has 1 N–H and O–H groups in total. The molecule has 5 heterocycles. The third-order valence-corrected chi connectivity index (χ3v) is 10.3. The topological polar surface area (TPSA) is 141 Å². The average Bonchev–Trinajstić information content (AvgIpc) is 3.26. The minimum atomic E-state index is -3.46. The molecule has 7 rings (SSSR count). The van der Waals surface area contributed by atoms with E-state index in [9.17, 15) is 13.2 Å². The Labute approximate surface area is 231 Å². The molecule has 1 spiro atoms. The fraction of sp³-hybridized carbons (Fsp3) is 0.481. The molecule has 3 fully saturated rings. The number of nitrogens with zero attached hydrogens (tertiary/aromatic N) is 8. The van der Waals surface area contributed by atoms with E-state index in [-0.39, 0.29) is 16.7 Å². The van der Waals surface area contributed by atoms with Crippen LogP contribution in [0.5, 0.6) is 0 Å². The number of hydrogen-bond acceptors (Lipinski definition) is 10. The largest absolute Gasteiger partial charge is 0.354 e. The van der Waals surface area contributed by atoms with Crippen LogP contribution in [0.2, 0.25) is 0 Å². The Morgan fingerprint density at radius 3 is 2.73 bits per heavy atom. The molecule has 1 atom stereocenters. The zero-order chi connectivity index (χ0) is 27.6. The van der Waals surface area contributed by atoms with Crippen LogP contribution in [0, 0.1) is 5.41 Å². The molecule has 13 heteroatoms. The van der Waals surface area contributed by atoms with Crippen molar-refractivity contribution in [2.24, 2.45) is 5.41 Å². The van der Waals surface area contributed by atoms with Gasteiger partial charge in [-0.2, -0.15) is 14.3 Å². The molecule has 0 amide bonds. The van der Waals surface area contributed by atoms with Crippen molar-refractivity contribution in [1.29, 1.82) is 0 Å². The Morgan fingerprint density at radius 2 is 1.98 bits per heavy atom. The Morgan fingerprint density at radius 1 is 1.12 bits per heavy atom. The molecule has 2 aliphatic carbocycles. The van der Waals surface area contributed by atoms with Crippen LogP contribution < -0.4 is 10.2 Å². The Kier molecular flexibility index (Phi) is 5.70. The molecule has 4 aromatic heterocycles. The highest BCUT2D eigenvalue weighted by Crippen LogP contribution is 2.45. The summed E-state index contributed by atoms with van der Waals surface area (Å²) >= 11 is 0. The van der Waals surface area contributed by atoms with Crippen molar-refractivity contribution in [2.45, 2.75) is 63.7 Å². The van der Waals surface area contributed by atoms with Crippen molar-refractivity contribution in [2.75, 3.05) is 23.3 Å². The number of fused-ring (bicyclic) bond motifs is 1. The number of nitrogens with one attached hydrogen (secondary N) is 1. The van der Waals surface area contributed by atoms with Gasteiger partial charge in [0.1, 0.15) is 17.4 Å². The molecule has 4 aromatic rings. The van der Waals surface area contributed by atoms with Crippen molar-refractivity contribution in [3.63, 3.8) is 0 Å². The number of aromatic nitrogens is 7. The maximum atomic E-state index is 12.6. The molecule has 2 saturated carbocycles. The van der Waals surface area contributed by atoms with Gasteiger partial charge in [-0.25, -0.2) is 23.4 Å².